The summed E-state index contributed by atoms with van der Waals surface area (Å²) in [6.07, 6.45) is -0.348. The van der Waals surface area contributed by atoms with Gasteiger partial charge in [-0.25, -0.2) is 0 Å². The Balaban J connectivity index is 2.82. The van der Waals surface area contributed by atoms with Crippen LogP contribution in [0.3, 0.4) is 0 Å². The van der Waals surface area contributed by atoms with Crippen molar-refractivity contribution in [2.45, 2.75) is 19.1 Å². The van der Waals surface area contributed by atoms with E-state index in [0.717, 1.165) is 5.56 Å². The quantitative estimate of drug-likeness (QED) is 0.708. The summed E-state index contributed by atoms with van der Waals surface area (Å²) in [6, 6.07) is 9.25. The highest BCUT2D eigenvalue weighted by molar-refractivity contribution is 5.39. The third-order valence-corrected chi connectivity index (χ3v) is 1.81. The van der Waals surface area contributed by atoms with Gasteiger partial charge < -0.3 is 10.5 Å². The largest absolute Gasteiger partial charge is 0.458 e. The molecule has 3 heteroatoms. The summed E-state index contributed by atoms with van der Waals surface area (Å²) < 4.78 is 4.88. The Morgan fingerprint density at radius 2 is 2.00 bits per heavy atom. The SMILES string of the molecule is CC(N)[C@@H](OC=O)c1ccccc1. The molecule has 70 valence electrons. The molecule has 0 aromatic heterocycles. The highest BCUT2D eigenvalue weighted by atomic mass is 16.5. The van der Waals surface area contributed by atoms with Gasteiger partial charge in [-0.15, -0.1) is 0 Å². The Morgan fingerprint density at radius 3 is 2.46 bits per heavy atom. The summed E-state index contributed by atoms with van der Waals surface area (Å²) in [6.45, 7) is 2.24. The molecule has 1 aromatic rings. The fraction of sp³-hybridized carbons (Fsp3) is 0.300. The van der Waals surface area contributed by atoms with Crippen LogP contribution in [0.25, 0.3) is 0 Å². The van der Waals surface area contributed by atoms with Crippen LogP contribution in [0.15, 0.2) is 30.3 Å². The first-order chi connectivity index (χ1) is 6.25. The molecular formula is C10H13NO2. The molecule has 0 heterocycles. The van der Waals surface area contributed by atoms with E-state index in [1.54, 1.807) is 6.92 Å². The molecule has 1 aromatic carbocycles. The lowest BCUT2D eigenvalue weighted by Gasteiger charge is -2.18. The monoisotopic (exact) mass is 179 g/mol. The molecule has 0 aliphatic carbocycles. The van der Waals surface area contributed by atoms with E-state index in [1.165, 1.54) is 0 Å². The van der Waals surface area contributed by atoms with Gasteiger partial charge in [-0.3, -0.25) is 4.79 Å². The average molecular weight is 179 g/mol. The van der Waals surface area contributed by atoms with E-state index in [2.05, 4.69) is 0 Å². The maximum atomic E-state index is 10.2. The zero-order valence-corrected chi connectivity index (χ0v) is 7.51. The van der Waals surface area contributed by atoms with Gasteiger partial charge in [0.1, 0.15) is 6.10 Å². The highest BCUT2D eigenvalue weighted by Gasteiger charge is 2.16. The van der Waals surface area contributed by atoms with E-state index in [0.29, 0.717) is 6.47 Å². The van der Waals surface area contributed by atoms with Gasteiger partial charge in [-0.05, 0) is 12.5 Å². The molecule has 0 saturated carbocycles. The first-order valence-electron chi connectivity index (χ1n) is 4.15. The molecule has 0 aliphatic rings. The minimum atomic E-state index is -0.348. The number of nitrogens with two attached hydrogens (primary N) is 1. The first-order valence-corrected chi connectivity index (χ1v) is 4.15. The highest BCUT2D eigenvalue weighted by Crippen LogP contribution is 2.18. The molecular weight excluding hydrogens is 166 g/mol. The van der Waals surface area contributed by atoms with Crippen LogP contribution in [0.2, 0.25) is 0 Å². The van der Waals surface area contributed by atoms with E-state index in [-0.39, 0.29) is 12.1 Å². The molecule has 1 unspecified atom stereocenters. The van der Waals surface area contributed by atoms with Crippen LogP contribution in [0.1, 0.15) is 18.6 Å². The van der Waals surface area contributed by atoms with Gasteiger partial charge in [-0.1, -0.05) is 30.3 Å². The van der Waals surface area contributed by atoms with Crippen molar-refractivity contribution in [1.82, 2.24) is 0 Å². The maximum absolute atomic E-state index is 10.2. The predicted molar refractivity (Wildman–Crippen MR) is 50.0 cm³/mol. The summed E-state index contributed by atoms with van der Waals surface area (Å²) in [5, 5.41) is 0. The predicted octanol–water partition coefficient (Wildman–Crippen LogP) is 1.25. The lowest BCUT2D eigenvalue weighted by molar-refractivity contribution is -0.134. The fourth-order valence-electron chi connectivity index (χ4n) is 1.21. The smallest absolute Gasteiger partial charge is 0.293 e. The van der Waals surface area contributed by atoms with Crippen LogP contribution in [0, 0.1) is 0 Å². The van der Waals surface area contributed by atoms with Gasteiger partial charge in [0.15, 0.2) is 0 Å². The molecule has 0 fully saturated rings. The Hall–Kier alpha value is -1.35. The number of carbonyl (C=O) groups is 1. The van der Waals surface area contributed by atoms with Gasteiger partial charge in [0.05, 0.1) is 0 Å². The number of hydrogen-bond donors (Lipinski definition) is 1. The summed E-state index contributed by atoms with van der Waals surface area (Å²) in [4.78, 5) is 10.2. The third kappa shape index (κ3) is 2.56. The van der Waals surface area contributed by atoms with Crippen LogP contribution in [0.4, 0.5) is 0 Å². The molecule has 2 N–H and O–H groups in total. The van der Waals surface area contributed by atoms with E-state index in [4.69, 9.17) is 10.5 Å². The van der Waals surface area contributed by atoms with Crippen molar-refractivity contribution in [2.75, 3.05) is 0 Å². The van der Waals surface area contributed by atoms with Crippen molar-refractivity contribution in [1.29, 1.82) is 0 Å². The van der Waals surface area contributed by atoms with Crippen molar-refractivity contribution < 1.29 is 9.53 Å². The molecule has 1 rings (SSSR count). The van der Waals surface area contributed by atoms with Crippen LogP contribution in [0.5, 0.6) is 0 Å². The standard InChI is InChI=1S/C10H13NO2/c1-8(11)10(13-7-12)9-5-3-2-4-6-9/h2-8,10H,11H2,1H3/t8?,10-/m1/s1. The van der Waals surface area contributed by atoms with Crippen LogP contribution >= 0.6 is 0 Å². The van der Waals surface area contributed by atoms with Crippen molar-refractivity contribution in [3.63, 3.8) is 0 Å². The second kappa shape index (κ2) is 4.62. The third-order valence-electron chi connectivity index (χ3n) is 1.81. The number of benzene rings is 1. The van der Waals surface area contributed by atoms with Crippen LogP contribution in [-0.2, 0) is 9.53 Å². The molecule has 0 aliphatic heterocycles. The maximum Gasteiger partial charge on any atom is 0.293 e. The van der Waals surface area contributed by atoms with Crippen molar-refractivity contribution >= 4 is 6.47 Å². The lowest BCUT2D eigenvalue weighted by atomic mass is 10.0. The van der Waals surface area contributed by atoms with E-state index >= 15 is 0 Å². The second-order valence-electron chi connectivity index (χ2n) is 2.92. The summed E-state index contributed by atoms with van der Waals surface area (Å²) in [5.41, 5.74) is 6.59. The minimum absolute atomic E-state index is 0.201. The van der Waals surface area contributed by atoms with E-state index < -0.39 is 0 Å². The summed E-state index contributed by atoms with van der Waals surface area (Å²) >= 11 is 0. The average Bonchev–Trinajstić information content (AvgIpc) is 2.15. The van der Waals surface area contributed by atoms with Gasteiger partial charge in [0.2, 0.25) is 0 Å². The van der Waals surface area contributed by atoms with Crippen LogP contribution in [-0.4, -0.2) is 12.5 Å². The Bertz CT molecular complexity index is 259. The number of carbonyl (C=O) groups excluding carboxylic acids is 1. The Kier molecular flexibility index (Phi) is 3.46. The molecule has 0 spiro atoms. The van der Waals surface area contributed by atoms with Gasteiger partial charge in [0, 0.05) is 6.04 Å². The second-order valence-corrected chi connectivity index (χ2v) is 2.92. The van der Waals surface area contributed by atoms with Gasteiger partial charge in [0.25, 0.3) is 6.47 Å². The normalized spacial score (nSPS) is 14.6. The number of rotatable bonds is 4. The van der Waals surface area contributed by atoms with E-state index in [1.807, 2.05) is 30.3 Å². The topological polar surface area (TPSA) is 52.3 Å². The Morgan fingerprint density at radius 1 is 1.38 bits per heavy atom. The van der Waals surface area contributed by atoms with E-state index in [9.17, 15) is 4.79 Å². The molecule has 0 bridgehead atoms. The lowest BCUT2D eigenvalue weighted by Crippen LogP contribution is -2.26. The van der Waals surface area contributed by atoms with Gasteiger partial charge in [-0.2, -0.15) is 0 Å². The minimum Gasteiger partial charge on any atom is -0.458 e. The van der Waals surface area contributed by atoms with Gasteiger partial charge >= 0.3 is 0 Å². The van der Waals surface area contributed by atoms with Crippen LogP contribution < -0.4 is 5.73 Å². The molecule has 0 radical (unpaired) electrons. The van der Waals surface area contributed by atoms with Crippen molar-refractivity contribution in [3.8, 4) is 0 Å². The molecule has 0 saturated heterocycles. The molecule has 0 amide bonds. The fourth-order valence-corrected chi connectivity index (χ4v) is 1.21. The molecule has 13 heavy (non-hydrogen) atoms. The summed E-state index contributed by atoms with van der Waals surface area (Å²) in [5.74, 6) is 0. The summed E-state index contributed by atoms with van der Waals surface area (Å²) in [7, 11) is 0. The van der Waals surface area contributed by atoms with Crippen molar-refractivity contribution in [2.24, 2.45) is 5.73 Å². The number of ether oxygens (including phenoxy) is 1. The van der Waals surface area contributed by atoms with Crippen molar-refractivity contribution in [3.05, 3.63) is 35.9 Å². The zero-order chi connectivity index (χ0) is 9.68. The number of hydrogen-bond acceptors (Lipinski definition) is 3. The zero-order valence-electron chi connectivity index (χ0n) is 7.51. The first kappa shape index (κ1) is 9.74. The Labute approximate surface area is 77.5 Å². The molecule has 2 atom stereocenters. The molecule has 3 nitrogen and oxygen atoms in total.